The number of hydrogen-bond acceptors (Lipinski definition) is 4. The average Bonchev–Trinajstić information content (AvgIpc) is 2.85. The van der Waals surface area contributed by atoms with Gasteiger partial charge in [-0.3, -0.25) is 4.68 Å². The molecular formula is C12H22N4O. The summed E-state index contributed by atoms with van der Waals surface area (Å²) in [4.78, 5) is 2.36. The molecular weight excluding hydrogens is 216 g/mol. The molecule has 2 heterocycles. The van der Waals surface area contributed by atoms with E-state index in [9.17, 15) is 0 Å². The maximum absolute atomic E-state index is 5.68. The van der Waals surface area contributed by atoms with Crippen LogP contribution < -0.4 is 10.6 Å². The van der Waals surface area contributed by atoms with Crippen LogP contribution in [0, 0.1) is 6.92 Å². The summed E-state index contributed by atoms with van der Waals surface area (Å²) in [5, 5.41) is 4.50. The number of methoxy groups -OCH3 is 1. The van der Waals surface area contributed by atoms with Crippen molar-refractivity contribution in [3.8, 4) is 0 Å². The van der Waals surface area contributed by atoms with Gasteiger partial charge in [-0.05, 0) is 26.3 Å². The van der Waals surface area contributed by atoms with Crippen LogP contribution in [0.5, 0.6) is 0 Å². The van der Waals surface area contributed by atoms with Crippen molar-refractivity contribution >= 4 is 5.82 Å². The van der Waals surface area contributed by atoms with E-state index in [0.29, 0.717) is 12.6 Å². The summed E-state index contributed by atoms with van der Waals surface area (Å²) >= 11 is 0. The van der Waals surface area contributed by atoms with E-state index in [1.54, 1.807) is 7.11 Å². The van der Waals surface area contributed by atoms with Crippen LogP contribution in [0.4, 0.5) is 5.82 Å². The predicted molar refractivity (Wildman–Crippen MR) is 68.3 cm³/mol. The van der Waals surface area contributed by atoms with Crippen molar-refractivity contribution < 1.29 is 4.74 Å². The van der Waals surface area contributed by atoms with Gasteiger partial charge in [-0.25, -0.2) is 0 Å². The molecule has 17 heavy (non-hydrogen) atoms. The molecule has 1 atom stereocenters. The topological polar surface area (TPSA) is 56.3 Å². The fraction of sp³-hybridized carbons (Fsp3) is 0.750. The van der Waals surface area contributed by atoms with E-state index >= 15 is 0 Å². The number of aryl methyl sites for hydroxylation is 2. The first-order valence-corrected chi connectivity index (χ1v) is 6.17. The van der Waals surface area contributed by atoms with Crippen LogP contribution in [0.1, 0.15) is 17.7 Å². The van der Waals surface area contributed by atoms with E-state index in [2.05, 4.69) is 16.9 Å². The lowest BCUT2D eigenvalue weighted by Crippen LogP contribution is -2.25. The first-order chi connectivity index (χ1) is 8.17. The number of nitrogens with two attached hydrogens (primary N) is 1. The molecule has 0 radical (unpaired) electrons. The summed E-state index contributed by atoms with van der Waals surface area (Å²) < 4.78 is 7.38. The summed E-state index contributed by atoms with van der Waals surface area (Å²) in [6, 6.07) is 0. The molecule has 5 heteroatoms. The van der Waals surface area contributed by atoms with Gasteiger partial charge in [-0.1, -0.05) is 0 Å². The van der Waals surface area contributed by atoms with Crippen LogP contribution in [-0.4, -0.2) is 42.6 Å². The Hall–Kier alpha value is -1.07. The first-order valence-electron chi connectivity index (χ1n) is 6.17. The number of anilines is 1. The summed E-state index contributed by atoms with van der Waals surface area (Å²) in [7, 11) is 3.78. The molecule has 1 aromatic heterocycles. The summed E-state index contributed by atoms with van der Waals surface area (Å²) in [5.41, 5.74) is 8.06. The average molecular weight is 238 g/mol. The van der Waals surface area contributed by atoms with Gasteiger partial charge in [0.05, 0.1) is 11.8 Å². The van der Waals surface area contributed by atoms with Crippen molar-refractivity contribution in [2.75, 3.05) is 31.6 Å². The monoisotopic (exact) mass is 238 g/mol. The van der Waals surface area contributed by atoms with Gasteiger partial charge in [0.1, 0.15) is 5.82 Å². The van der Waals surface area contributed by atoms with Gasteiger partial charge in [0.2, 0.25) is 0 Å². The molecule has 1 aliphatic heterocycles. The quantitative estimate of drug-likeness (QED) is 0.827. The van der Waals surface area contributed by atoms with Gasteiger partial charge in [-0.15, -0.1) is 0 Å². The minimum absolute atomic E-state index is 0.343. The molecule has 0 spiro atoms. The zero-order chi connectivity index (χ0) is 12.4. The summed E-state index contributed by atoms with van der Waals surface area (Å²) in [6.07, 6.45) is 2.32. The molecule has 2 rings (SSSR count). The van der Waals surface area contributed by atoms with E-state index in [0.717, 1.165) is 31.6 Å². The van der Waals surface area contributed by atoms with E-state index in [1.807, 2.05) is 11.7 Å². The molecule has 2 N–H and O–H groups in total. The SMILES string of the molecule is COC1CCN(c2c(CCN)c(C)nn2C)C1. The zero-order valence-electron chi connectivity index (χ0n) is 10.9. The molecule has 0 saturated carbocycles. The zero-order valence-corrected chi connectivity index (χ0v) is 10.9. The van der Waals surface area contributed by atoms with Gasteiger partial charge in [0.15, 0.2) is 0 Å². The van der Waals surface area contributed by atoms with Crippen LogP contribution in [0.25, 0.3) is 0 Å². The molecule has 0 aliphatic carbocycles. The largest absolute Gasteiger partial charge is 0.380 e. The Balaban J connectivity index is 2.25. The molecule has 0 bridgehead atoms. The third-order valence-electron chi connectivity index (χ3n) is 3.49. The maximum Gasteiger partial charge on any atom is 0.130 e. The highest BCUT2D eigenvalue weighted by atomic mass is 16.5. The molecule has 1 unspecified atom stereocenters. The van der Waals surface area contributed by atoms with Crippen molar-refractivity contribution in [1.82, 2.24) is 9.78 Å². The van der Waals surface area contributed by atoms with Crippen molar-refractivity contribution in [2.24, 2.45) is 12.8 Å². The van der Waals surface area contributed by atoms with Crippen LogP contribution in [0.2, 0.25) is 0 Å². The molecule has 1 aliphatic rings. The fourth-order valence-corrected chi connectivity index (χ4v) is 2.64. The molecule has 0 amide bonds. The fourth-order valence-electron chi connectivity index (χ4n) is 2.64. The molecule has 5 nitrogen and oxygen atoms in total. The van der Waals surface area contributed by atoms with Gasteiger partial charge < -0.3 is 15.4 Å². The van der Waals surface area contributed by atoms with E-state index < -0.39 is 0 Å². The normalized spacial score (nSPS) is 20.2. The molecule has 1 saturated heterocycles. The predicted octanol–water partition coefficient (Wildman–Crippen LogP) is 0.455. The second-order valence-corrected chi connectivity index (χ2v) is 4.64. The van der Waals surface area contributed by atoms with Gasteiger partial charge >= 0.3 is 0 Å². The van der Waals surface area contributed by atoms with Crippen molar-refractivity contribution in [2.45, 2.75) is 25.9 Å². The number of hydrogen-bond donors (Lipinski definition) is 1. The third-order valence-corrected chi connectivity index (χ3v) is 3.49. The summed E-state index contributed by atoms with van der Waals surface area (Å²) in [6.45, 7) is 4.71. The second-order valence-electron chi connectivity index (χ2n) is 4.64. The second kappa shape index (κ2) is 5.06. The molecule has 1 aromatic rings. The molecule has 1 fully saturated rings. The lowest BCUT2D eigenvalue weighted by molar-refractivity contribution is 0.121. The maximum atomic E-state index is 5.68. The third kappa shape index (κ3) is 2.30. The van der Waals surface area contributed by atoms with Crippen molar-refractivity contribution in [3.63, 3.8) is 0 Å². The van der Waals surface area contributed by atoms with Gasteiger partial charge in [-0.2, -0.15) is 5.10 Å². The number of rotatable bonds is 4. The Labute approximate surface area is 103 Å². The Morgan fingerprint density at radius 3 is 2.88 bits per heavy atom. The van der Waals surface area contributed by atoms with Crippen LogP contribution >= 0.6 is 0 Å². The van der Waals surface area contributed by atoms with E-state index in [1.165, 1.54) is 11.4 Å². The Morgan fingerprint density at radius 2 is 2.29 bits per heavy atom. The Bertz CT molecular complexity index is 388. The van der Waals surface area contributed by atoms with E-state index in [4.69, 9.17) is 10.5 Å². The van der Waals surface area contributed by atoms with Gasteiger partial charge in [0.25, 0.3) is 0 Å². The Kier molecular flexibility index (Phi) is 3.69. The lowest BCUT2D eigenvalue weighted by atomic mass is 10.1. The number of nitrogens with zero attached hydrogens (tertiary/aromatic N) is 3. The van der Waals surface area contributed by atoms with Crippen LogP contribution in [0.3, 0.4) is 0 Å². The van der Waals surface area contributed by atoms with Crippen molar-refractivity contribution in [3.05, 3.63) is 11.3 Å². The first kappa shape index (κ1) is 12.4. The summed E-state index contributed by atoms with van der Waals surface area (Å²) in [5.74, 6) is 1.22. The number of aromatic nitrogens is 2. The van der Waals surface area contributed by atoms with Crippen molar-refractivity contribution in [1.29, 1.82) is 0 Å². The Morgan fingerprint density at radius 1 is 1.53 bits per heavy atom. The number of ether oxygens (including phenoxy) is 1. The highest BCUT2D eigenvalue weighted by molar-refractivity contribution is 5.51. The van der Waals surface area contributed by atoms with Crippen LogP contribution in [-0.2, 0) is 18.2 Å². The van der Waals surface area contributed by atoms with Gasteiger partial charge in [0, 0.05) is 32.8 Å². The highest BCUT2D eigenvalue weighted by Crippen LogP contribution is 2.27. The minimum atomic E-state index is 0.343. The molecule has 96 valence electrons. The lowest BCUT2D eigenvalue weighted by Gasteiger charge is -2.20. The van der Waals surface area contributed by atoms with Crippen LogP contribution in [0.15, 0.2) is 0 Å². The van der Waals surface area contributed by atoms with E-state index in [-0.39, 0.29) is 0 Å². The highest BCUT2D eigenvalue weighted by Gasteiger charge is 2.27. The smallest absolute Gasteiger partial charge is 0.130 e. The minimum Gasteiger partial charge on any atom is -0.380 e. The standard InChI is InChI=1S/C12H22N4O/c1-9-11(4-6-13)12(15(2)14-9)16-7-5-10(8-16)17-3/h10H,4-8,13H2,1-3H3. The molecule has 0 aromatic carbocycles.